The van der Waals surface area contributed by atoms with Crippen molar-refractivity contribution >= 4 is 35.2 Å². The Bertz CT molecular complexity index is 1530. The molecule has 0 aliphatic carbocycles. The van der Waals surface area contributed by atoms with Gasteiger partial charge in [-0.25, -0.2) is 4.79 Å². The molecular weight excluding hydrogens is 542 g/mol. The molecule has 0 spiro atoms. The molecule has 4 rings (SSSR count). The van der Waals surface area contributed by atoms with Crippen molar-refractivity contribution < 1.29 is 23.9 Å². The standard InChI is InChI=1S/C30H31N5O5S/c1-5-40-29(38)22-8-12-23(13-9-22)32-27(36)18-41-30-34-33-26(35(30)25-16-19(2)6-7-20(25)3)17-31-28(37)21-10-14-24(39-4)15-11-21/h6-16H,5,17-18H2,1-4H3,(H,31,37)(H,32,36). The Hall–Kier alpha value is -4.64. The normalized spacial score (nSPS) is 10.6. The fourth-order valence-electron chi connectivity index (χ4n) is 3.95. The molecule has 11 heteroatoms. The molecule has 0 aliphatic heterocycles. The van der Waals surface area contributed by atoms with Crippen LogP contribution in [0.2, 0.25) is 0 Å². The number of thioether (sulfide) groups is 1. The number of carbonyl (C=O) groups is 3. The number of ether oxygens (including phenoxy) is 2. The van der Waals surface area contributed by atoms with E-state index >= 15 is 0 Å². The largest absolute Gasteiger partial charge is 0.497 e. The molecule has 4 aromatic rings. The highest BCUT2D eigenvalue weighted by Gasteiger charge is 2.19. The summed E-state index contributed by atoms with van der Waals surface area (Å²) in [6.07, 6.45) is 0. The van der Waals surface area contributed by atoms with Crippen molar-refractivity contribution in [2.45, 2.75) is 32.5 Å². The van der Waals surface area contributed by atoms with E-state index < -0.39 is 5.97 Å². The molecule has 1 aromatic heterocycles. The molecule has 0 unspecified atom stereocenters. The van der Waals surface area contributed by atoms with Gasteiger partial charge >= 0.3 is 5.97 Å². The number of nitrogens with zero attached hydrogens (tertiary/aromatic N) is 3. The second-order valence-electron chi connectivity index (χ2n) is 9.07. The summed E-state index contributed by atoms with van der Waals surface area (Å²) in [6, 6.07) is 19.4. The van der Waals surface area contributed by atoms with Gasteiger partial charge in [-0.05, 0) is 86.5 Å². The molecule has 212 valence electrons. The molecule has 0 radical (unpaired) electrons. The number of anilines is 1. The van der Waals surface area contributed by atoms with E-state index in [1.165, 1.54) is 11.8 Å². The third-order valence-corrected chi connectivity index (χ3v) is 7.01. The number of aryl methyl sites for hydroxylation is 2. The first-order valence-corrected chi connectivity index (χ1v) is 13.9. The molecule has 3 aromatic carbocycles. The minimum absolute atomic E-state index is 0.0703. The second kappa shape index (κ2) is 13.6. The number of nitrogens with one attached hydrogen (secondary N) is 2. The smallest absolute Gasteiger partial charge is 0.338 e. The van der Waals surface area contributed by atoms with E-state index in [0.717, 1.165) is 16.8 Å². The van der Waals surface area contributed by atoms with Gasteiger partial charge in [-0.2, -0.15) is 0 Å². The van der Waals surface area contributed by atoms with Crippen LogP contribution in [0.1, 0.15) is 44.6 Å². The summed E-state index contributed by atoms with van der Waals surface area (Å²) in [5.41, 5.74) is 4.36. The predicted octanol–water partition coefficient (Wildman–Crippen LogP) is 4.73. The van der Waals surface area contributed by atoms with Crippen molar-refractivity contribution in [3.8, 4) is 11.4 Å². The number of esters is 1. The monoisotopic (exact) mass is 573 g/mol. The van der Waals surface area contributed by atoms with E-state index in [1.54, 1.807) is 62.6 Å². The van der Waals surface area contributed by atoms with Crippen molar-refractivity contribution in [1.82, 2.24) is 20.1 Å². The number of rotatable bonds is 11. The molecule has 0 saturated heterocycles. The summed E-state index contributed by atoms with van der Waals surface area (Å²) in [4.78, 5) is 37.4. The maximum Gasteiger partial charge on any atom is 0.338 e. The van der Waals surface area contributed by atoms with Gasteiger partial charge in [0.2, 0.25) is 5.91 Å². The van der Waals surface area contributed by atoms with E-state index in [9.17, 15) is 14.4 Å². The molecule has 0 saturated carbocycles. The van der Waals surface area contributed by atoms with Crippen LogP contribution in [0.5, 0.6) is 5.75 Å². The van der Waals surface area contributed by atoms with Crippen LogP contribution in [0.15, 0.2) is 71.9 Å². The van der Waals surface area contributed by atoms with Crippen LogP contribution in [0.3, 0.4) is 0 Å². The first-order chi connectivity index (χ1) is 19.8. The van der Waals surface area contributed by atoms with Crippen molar-refractivity contribution in [2.75, 3.05) is 24.8 Å². The number of carbonyl (C=O) groups excluding carboxylic acids is 3. The number of methoxy groups -OCH3 is 1. The maximum absolute atomic E-state index is 12.8. The first-order valence-electron chi connectivity index (χ1n) is 12.9. The number of aromatic nitrogens is 3. The summed E-state index contributed by atoms with van der Waals surface area (Å²) in [7, 11) is 1.57. The third-order valence-electron chi connectivity index (χ3n) is 6.08. The average Bonchev–Trinajstić information content (AvgIpc) is 3.39. The van der Waals surface area contributed by atoms with Gasteiger partial charge in [-0.3, -0.25) is 14.2 Å². The van der Waals surface area contributed by atoms with Crippen LogP contribution in [0.25, 0.3) is 5.69 Å². The van der Waals surface area contributed by atoms with Crippen molar-refractivity contribution in [1.29, 1.82) is 0 Å². The van der Waals surface area contributed by atoms with Gasteiger partial charge in [0.1, 0.15) is 5.75 Å². The lowest BCUT2D eigenvalue weighted by atomic mass is 10.1. The first kappa shape index (κ1) is 29.3. The Morgan fingerprint density at radius 3 is 2.32 bits per heavy atom. The van der Waals surface area contributed by atoms with Crippen molar-refractivity contribution in [2.24, 2.45) is 0 Å². The lowest BCUT2D eigenvalue weighted by molar-refractivity contribution is -0.113. The zero-order chi connectivity index (χ0) is 29.4. The molecule has 1 heterocycles. The molecule has 10 nitrogen and oxygen atoms in total. The quantitative estimate of drug-likeness (QED) is 0.195. The Kier molecular flexibility index (Phi) is 9.75. The fourth-order valence-corrected chi connectivity index (χ4v) is 4.71. The highest BCUT2D eigenvalue weighted by Crippen LogP contribution is 2.26. The molecule has 2 amide bonds. The molecule has 0 bridgehead atoms. The molecule has 2 N–H and O–H groups in total. The summed E-state index contributed by atoms with van der Waals surface area (Å²) in [5, 5.41) is 14.9. The zero-order valence-corrected chi connectivity index (χ0v) is 24.1. The molecule has 0 fully saturated rings. The zero-order valence-electron chi connectivity index (χ0n) is 23.3. The van der Waals surface area contributed by atoms with E-state index in [2.05, 4.69) is 20.8 Å². The molecular formula is C30H31N5O5S. The Labute approximate surface area is 242 Å². The maximum atomic E-state index is 12.8. The van der Waals surface area contributed by atoms with Crippen molar-refractivity contribution in [3.05, 3.63) is 94.8 Å². The van der Waals surface area contributed by atoms with Crippen LogP contribution < -0.4 is 15.4 Å². The lowest BCUT2D eigenvalue weighted by Crippen LogP contribution is -2.24. The predicted molar refractivity (Wildman–Crippen MR) is 157 cm³/mol. The van der Waals surface area contributed by atoms with E-state index in [4.69, 9.17) is 9.47 Å². The number of hydrogen-bond acceptors (Lipinski definition) is 8. The van der Waals surface area contributed by atoms with Gasteiger partial charge in [-0.1, -0.05) is 23.9 Å². The topological polar surface area (TPSA) is 124 Å². The molecule has 0 atom stereocenters. The van der Waals surface area contributed by atoms with Gasteiger partial charge in [0.05, 0.1) is 37.3 Å². The minimum atomic E-state index is -0.414. The van der Waals surface area contributed by atoms with Crippen LogP contribution in [0, 0.1) is 13.8 Å². The number of benzene rings is 3. The average molecular weight is 574 g/mol. The summed E-state index contributed by atoms with van der Waals surface area (Å²) < 4.78 is 12.0. The summed E-state index contributed by atoms with van der Waals surface area (Å²) in [5.74, 6) is 0.340. The van der Waals surface area contributed by atoms with Gasteiger partial charge in [0, 0.05) is 11.3 Å². The highest BCUT2D eigenvalue weighted by molar-refractivity contribution is 7.99. The van der Waals surface area contributed by atoms with Crippen LogP contribution in [-0.4, -0.2) is 52.0 Å². The highest BCUT2D eigenvalue weighted by atomic mass is 32.2. The Morgan fingerprint density at radius 1 is 0.927 bits per heavy atom. The minimum Gasteiger partial charge on any atom is -0.497 e. The Balaban J connectivity index is 1.48. The number of hydrogen-bond donors (Lipinski definition) is 2. The number of amides is 2. The lowest BCUT2D eigenvalue weighted by Gasteiger charge is -2.14. The third kappa shape index (κ3) is 7.52. The summed E-state index contributed by atoms with van der Waals surface area (Å²) >= 11 is 1.23. The van der Waals surface area contributed by atoms with E-state index in [-0.39, 0.29) is 30.7 Å². The van der Waals surface area contributed by atoms with E-state index in [0.29, 0.717) is 33.5 Å². The van der Waals surface area contributed by atoms with Gasteiger partial charge in [0.15, 0.2) is 11.0 Å². The van der Waals surface area contributed by atoms with E-state index in [1.807, 2.05) is 36.6 Å². The second-order valence-corrected chi connectivity index (χ2v) is 10.0. The van der Waals surface area contributed by atoms with Crippen LogP contribution >= 0.6 is 11.8 Å². The molecule has 0 aliphatic rings. The van der Waals surface area contributed by atoms with Crippen LogP contribution in [-0.2, 0) is 16.1 Å². The Morgan fingerprint density at radius 2 is 1.63 bits per heavy atom. The van der Waals surface area contributed by atoms with Crippen molar-refractivity contribution in [3.63, 3.8) is 0 Å². The SMILES string of the molecule is CCOC(=O)c1ccc(NC(=O)CSc2nnc(CNC(=O)c3ccc(OC)cc3)n2-c2cc(C)ccc2C)cc1. The molecule has 41 heavy (non-hydrogen) atoms. The summed E-state index contributed by atoms with van der Waals surface area (Å²) in [6.45, 7) is 6.14. The van der Waals surface area contributed by atoms with Crippen LogP contribution in [0.4, 0.5) is 5.69 Å². The van der Waals surface area contributed by atoms with Gasteiger partial charge in [-0.15, -0.1) is 10.2 Å². The van der Waals surface area contributed by atoms with Gasteiger partial charge in [0.25, 0.3) is 5.91 Å². The van der Waals surface area contributed by atoms with Gasteiger partial charge < -0.3 is 20.1 Å². The fraction of sp³-hybridized carbons (Fsp3) is 0.233.